The molecule has 2 aromatic carbocycles. The minimum absolute atomic E-state index is 0.00944. The van der Waals surface area contributed by atoms with E-state index in [1.807, 2.05) is 17.8 Å². The van der Waals surface area contributed by atoms with E-state index in [0.29, 0.717) is 30.9 Å². The van der Waals surface area contributed by atoms with E-state index in [9.17, 15) is 9.59 Å². The van der Waals surface area contributed by atoms with Crippen molar-refractivity contribution < 1.29 is 19.1 Å². The minimum atomic E-state index is -0.359. The zero-order valence-electron chi connectivity index (χ0n) is 28.3. The van der Waals surface area contributed by atoms with Crippen molar-refractivity contribution in [1.29, 1.82) is 0 Å². The number of rotatable bonds is 11. The summed E-state index contributed by atoms with van der Waals surface area (Å²) in [4.78, 5) is 28.3. The van der Waals surface area contributed by atoms with Crippen LogP contribution in [0, 0.1) is 24.7 Å². The smallest absolute Gasteiger partial charge is 0.407 e. The van der Waals surface area contributed by atoms with Gasteiger partial charge in [0.15, 0.2) is 0 Å². The molecular weight excluding hydrogens is 576 g/mol. The third-order valence-electron chi connectivity index (χ3n) is 10.1. The molecule has 46 heavy (non-hydrogen) atoms. The van der Waals surface area contributed by atoms with Crippen LogP contribution in [0.25, 0.3) is 11.1 Å². The maximum atomic E-state index is 14.4. The fourth-order valence-corrected chi connectivity index (χ4v) is 7.28. The van der Waals surface area contributed by atoms with Crippen LogP contribution in [0.15, 0.2) is 54.9 Å². The van der Waals surface area contributed by atoms with E-state index in [2.05, 4.69) is 84.7 Å². The lowest BCUT2D eigenvalue weighted by Gasteiger charge is -2.36. The van der Waals surface area contributed by atoms with Crippen molar-refractivity contribution in [3.63, 3.8) is 0 Å². The fraction of sp³-hybridized carbons (Fsp3) is 0.553. The summed E-state index contributed by atoms with van der Waals surface area (Å²) < 4.78 is 12.5. The van der Waals surface area contributed by atoms with Crippen molar-refractivity contribution >= 4 is 17.7 Å². The Hall–Kier alpha value is -3.81. The summed E-state index contributed by atoms with van der Waals surface area (Å²) in [6.07, 6.45) is 11.7. The van der Waals surface area contributed by atoms with Crippen molar-refractivity contribution in [3.05, 3.63) is 66.0 Å². The lowest BCUT2D eigenvalue weighted by atomic mass is 9.77. The summed E-state index contributed by atoms with van der Waals surface area (Å²) in [5, 5.41) is 7.44. The number of carbonyl (C=O) groups excluding carboxylic acids is 2. The molecule has 5 rings (SSSR count). The van der Waals surface area contributed by atoms with Crippen LogP contribution in [0.4, 0.5) is 10.5 Å². The van der Waals surface area contributed by atoms with Gasteiger partial charge in [0.1, 0.15) is 5.75 Å². The number of methoxy groups -OCH3 is 1. The molecule has 2 amide bonds. The molecule has 248 valence electrons. The molecule has 0 bridgehead atoms. The van der Waals surface area contributed by atoms with Gasteiger partial charge in [-0.2, -0.15) is 5.10 Å². The molecule has 0 aliphatic heterocycles. The summed E-state index contributed by atoms with van der Waals surface area (Å²) in [6, 6.07) is 15.3. The van der Waals surface area contributed by atoms with Gasteiger partial charge in [-0.05, 0) is 132 Å². The van der Waals surface area contributed by atoms with Gasteiger partial charge in [-0.25, -0.2) is 4.79 Å². The van der Waals surface area contributed by atoms with Crippen LogP contribution in [0.1, 0.15) is 95.2 Å². The Balaban J connectivity index is 1.29. The number of benzene rings is 2. The monoisotopic (exact) mass is 628 g/mol. The molecule has 3 aromatic rings. The van der Waals surface area contributed by atoms with E-state index < -0.39 is 0 Å². The highest BCUT2D eigenvalue weighted by atomic mass is 16.5. The maximum absolute atomic E-state index is 14.4. The quantitative estimate of drug-likeness (QED) is 0.231. The first-order valence-electron chi connectivity index (χ1n) is 17.3. The van der Waals surface area contributed by atoms with Gasteiger partial charge in [-0.1, -0.05) is 24.3 Å². The Morgan fingerprint density at radius 2 is 1.72 bits per heavy atom. The Bertz CT molecular complexity index is 1450. The third-order valence-corrected chi connectivity index (χ3v) is 10.1. The Morgan fingerprint density at radius 3 is 2.37 bits per heavy atom. The van der Waals surface area contributed by atoms with Crippen molar-refractivity contribution in [2.24, 2.45) is 17.8 Å². The van der Waals surface area contributed by atoms with E-state index in [1.165, 1.54) is 11.1 Å². The largest absolute Gasteiger partial charge is 0.496 e. The number of nitrogens with one attached hydrogen (secondary N) is 1. The molecule has 0 atom stereocenters. The molecule has 0 radical (unpaired) electrons. The van der Waals surface area contributed by atoms with Crippen LogP contribution in [0.2, 0.25) is 0 Å². The van der Waals surface area contributed by atoms with Gasteiger partial charge in [0.2, 0.25) is 5.91 Å². The average molecular weight is 629 g/mol. The van der Waals surface area contributed by atoms with Crippen LogP contribution in [-0.2, 0) is 9.53 Å². The van der Waals surface area contributed by atoms with E-state index >= 15 is 0 Å². The van der Waals surface area contributed by atoms with Crippen LogP contribution in [0.5, 0.6) is 5.75 Å². The summed E-state index contributed by atoms with van der Waals surface area (Å²) in [6.45, 7) is 9.89. The summed E-state index contributed by atoms with van der Waals surface area (Å²) >= 11 is 0. The number of alkyl carbamates (subject to hydrolysis) is 1. The number of anilines is 1. The third kappa shape index (κ3) is 8.31. The topological polar surface area (TPSA) is 85.7 Å². The van der Waals surface area contributed by atoms with Crippen LogP contribution >= 0.6 is 0 Å². The van der Waals surface area contributed by atoms with Gasteiger partial charge in [0.05, 0.1) is 19.9 Å². The zero-order chi connectivity index (χ0) is 32.6. The molecule has 0 spiro atoms. The highest BCUT2D eigenvalue weighted by Crippen LogP contribution is 2.39. The van der Waals surface area contributed by atoms with Gasteiger partial charge in [0, 0.05) is 42.5 Å². The van der Waals surface area contributed by atoms with Crippen LogP contribution in [-0.4, -0.2) is 48.6 Å². The van der Waals surface area contributed by atoms with E-state index in [4.69, 9.17) is 9.47 Å². The van der Waals surface area contributed by atoms with Gasteiger partial charge in [-0.3, -0.25) is 9.48 Å². The predicted octanol–water partition coefficient (Wildman–Crippen LogP) is 8.31. The van der Waals surface area contributed by atoms with Gasteiger partial charge in [0.25, 0.3) is 0 Å². The predicted molar refractivity (Wildman–Crippen MR) is 183 cm³/mol. The van der Waals surface area contributed by atoms with Crippen molar-refractivity contribution in [2.75, 3.05) is 31.7 Å². The lowest BCUT2D eigenvalue weighted by Crippen LogP contribution is -2.42. The number of carbonyl (C=O) groups is 2. The SMILES string of the molecule is CCOC(=O)NCC1CCC(C(=O)N(CC2CCC(c3ccc(OC)c(C)c3)CC2)c2cccc(-c3cnn(C(C)C)c3)c2)CC1. The first-order valence-corrected chi connectivity index (χ1v) is 17.3. The number of aromatic nitrogens is 2. The molecule has 2 fully saturated rings. The minimum Gasteiger partial charge on any atom is -0.496 e. The Kier molecular flexibility index (Phi) is 11.4. The molecule has 2 saturated carbocycles. The maximum Gasteiger partial charge on any atom is 0.407 e. The van der Waals surface area contributed by atoms with Crippen molar-refractivity contribution in [1.82, 2.24) is 15.1 Å². The second-order valence-corrected chi connectivity index (χ2v) is 13.6. The van der Waals surface area contributed by atoms with Gasteiger partial charge < -0.3 is 19.7 Å². The molecule has 2 aliphatic carbocycles. The van der Waals surface area contributed by atoms with Crippen molar-refractivity contribution in [3.8, 4) is 16.9 Å². The second-order valence-electron chi connectivity index (χ2n) is 13.6. The molecule has 0 unspecified atom stereocenters. The van der Waals surface area contributed by atoms with E-state index in [-0.39, 0.29) is 24.0 Å². The molecule has 8 heteroatoms. The van der Waals surface area contributed by atoms with Crippen molar-refractivity contribution in [2.45, 2.75) is 91.0 Å². The van der Waals surface area contributed by atoms with E-state index in [0.717, 1.165) is 80.5 Å². The summed E-state index contributed by atoms with van der Waals surface area (Å²) in [7, 11) is 1.73. The molecule has 1 N–H and O–H groups in total. The number of amides is 2. The van der Waals surface area contributed by atoms with Gasteiger partial charge in [-0.15, -0.1) is 0 Å². The Labute approximate surface area is 274 Å². The number of ether oxygens (including phenoxy) is 2. The standard InChI is InChI=1S/C38H52N4O4/c1-6-46-38(44)39-22-28-10-16-31(17-11-28)37(43)41(35-9-7-8-32(21-35)34-23-40-42(25-34)26(2)3)24-29-12-14-30(15-13-29)33-18-19-36(45-5)27(4)20-33/h7-9,18-21,23,25-26,28-31H,6,10-17,22,24H2,1-5H3,(H,39,44). The molecule has 0 saturated heterocycles. The zero-order valence-corrected chi connectivity index (χ0v) is 28.3. The second kappa shape index (κ2) is 15.7. The summed E-state index contributed by atoms with van der Waals surface area (Å²) in [5.41, 5.74) is 5.69. The molecular formula is C38H52N4O4. The number of aryl methyl sites for hydroxylation is 1. The molecule has 2 aliphatic rings. The number of nitrogens with zero attached hydrogens (tertiary/aromatic N) is 3. The van der Waals surface area contributed by atoms with E-state index in [1.54, 1.807) is 7.11 Å². The molecule has 1 aromatic heterocycles. The lowest BCUT2D eigenvalue weighted by molar-refractivity contribution is -0.123. The Morgan fingerprint density at radius 1 is 0.978 bits per heavy atom. The highest BCUT2D eigenvalue weighted by Gasteiger charge is 2.33. The van der Waals surface area contributed by atoms with Gasteiger partial charge >= 0.3 is 6.09 Å². The highest BCUT2D eigenvalue weighted by molar-refractivity contribution is 5.95. The van der Waals surface area contributed by atoms with Crippen LogP contribution in [0.3, 0.4) is 0 Å². The molecule has 8 nitrogen and oxygen atoms in total. The number of hydrogen-bond donors (Lipinski definition) is 1. The first-order chi connectivity index (χ1) is 22.2. The fourth-order valence-electron chi connectivity index (χ4n) is 7.28. The first kappa shape index (κ1) is 33.6. The summed E-state index contributed by atoms with van der Waals surface area (Å²) in [5.74, 6) is 2.54. The number of hydrogen-bond acceptors (Lipinski definition) is 5. The normalized spacial score (nSPS) is 21.5. The van der Waals surface area contributed by atoms with Crippen LogP contribution < -0.4 is 15.0 Å². The average Bonchev–Trinajstić information content (AvgIpc) is 3.58. The molecule has 1 heterocycles.